The van der Waals surface area contributed by atoms with E-state index in [0.29, 0.717) is 12.2 Å². The predicted octanol–water partition coefficient (Wildman–Crippen LogP) is 1.85. The Bertz CT molecular complexity index is 651. The van der Waals surface area contributed by atoms with Crippen LogP contribution < -0.4 is 4.90 Å². The van der Waals surface area contributed by atoms with Crippen LogP contribution in [0.15, 0.2) is 24.3 Å². The summed E-state index contributed by atoms with van der Waals surface area (Å²) < 4.78 is 5.27. The average molecular weight is 366 g/mol. The highest BCUT2D eigenvalue weighted by Gasteiger charge is 2.31. The molecule has 0 saturated heterocycles. The van der Waals surface area contributed by atoms with E-state index in [9.17, 15) is 19.5 Å². The van der Waals surface area contributed by atoms with Crippen molar-refractivity contribution in [2.75, 3.05) is 18.5 Å². The molecular weight excluding hydrogens is 340 g/mol. The maximum Gasteiger partial charge on any atom is 0.417 e. The van der Waals surface area contributed by atoms with E-state index in [1.54, 1.807) is 57.0 Å². The molecule has 0 radical (unpaired) electrons. The fourth-order valence-corrected chi connectivity index (χ4v) is 2.20. The molecule has 8 nitrogen and oxygen atoms in total. The van der Waals surface area contributed by atoms with Crippen LogP contribution in [0.3, 0.4) is 0 Å². The summed E-state index contributed by atoms with van der Waals surface area (Å²) in [4.78, 5) is 37.2. The SMILES string of the molecule is CC(=O)C(O)N(C(=O)OC(C)(C)C)c1ccc(CN(C)CC(=O)O)cc1. The summed E-state index contributed by atoms with van der Waals surface area (Å²) in [5.74, 6) is -1.52. The minimum atomic E-state index is -1.66. The van der Waals surface area contributed by atoms with Crippen molar-refractivity contribution in [1.29, 1.82) is 0 Å². The predicted molar refractivity (Wildman–Crippen MR) is 95.8 cm³/mol. The van der Waals surface area contributed by atoms with Gasteiger partial charge in [0, 0.05) is 6.54 Å². The van der Waals surface area contributed by atoms with Gasteiger partial charge in [0.25, 0.3) is 0 Å². The van der Waals surface area contributed by atoms with E-state index < -0.39 is 29.7 Å². The Morgan fingerprint density at radius 2 is 1.69 bits per heavy atom. The van der Waals surface area contributed by atoms with Crippen LogP contribution in [0.1, 0.15) is 33.3 Å². The molecule has 1 amide bonds. The van der Waals surface area contributed by atoms with Crippen LogP contribution in [0.2, 0.25) is 0 Å². The molecule has 0 saturated carbocycles. The molecule has 0 spiro atoms. The summed E-state index contributed by atoms with van der Waals surface area (Å²) in [7, 11) is 1.68. The zero-order valence-corrected chi connectivity index (χ0v) is 15.7. The molecule has 0 bridgehead atoms. The van der Waals surface area contributed by atoms with Crippen LogP contribution >= 0.6 is 0 Å². The number of ether oxygens (including phenoxy) is 1. The number of carboxylic acids is 1. The number of aliphatic carboxylic acids is 1. The second-order valence-electron chi connectivity index (χ2n) is 7.07. The first-order chi connectivity index (χ1) is 11.9. The van der Waals surface area contributed by atoms with E-state index in [1.165, 1.54) is 6.92 Å². The van der Waals surface area contributed by atoms with Gasteiger partial charge in [-0.05, 0) is 52.4 Å². The molecule has 0 aliphatic carbocycles. The van der Waals surface area contributed by atoms with E-state index in [1.807, 2.05) is 0 Å². The second-order valence-corrected chi connectivity index (χ2v) is 7.07. The molecule has 0 fully saturated rings. The highest BCUT2D eigenvalue weighted by molar-refractivity contribution is 5.96. The van der Waals surface area contributed by atoms with Crippen LogP contribution in [0.5, 0.6) is 0 Å². The lowest BCUT2D eigenvalue weighted by atomic mass is 10.1. The van der Waals surface area contributed by atoms with Gasteiger partial charge in [-0.2, -0.15) is 0 Å². The minimum Gasteiger partial charge on any atom is -0.480 e. The molecule has 1 aromatic rings. The van der Waals surface area contributed by atoms with Gasteiger partial charge in [-0.25, -0.2) is 9.69 Å². The number of rotatable bonds is 7. The molecule has 26 heavy (non-hydrogen) atoms. The number of carboxylic acid groups (broad SMARTS) is 1. The monoisotopic (exact) mass is 366 g/mol. The van der Waals surface area contributed by atoms with E-state index in [2.05, 4.69) is 0 Å². The topological polar surface area (TPSA) is 107 Å². The summed E-state index contributed by atoms with van der Waals surface area (Å²) in [6.07, 6.45) is -2.50. The number of Topliss-reactive ketones (excluding diaryl/α,β-unsaturated/α-hetero) is 1. The van der Waals surface area contributed by atoms with Gasteiger partial charge in [0.2, 0.25) is 0 Å². The quantitative estimate of drug-likeness (QED) is 0.709. The Balaban J connectivity index is 3.02. The van der Waals surface area contributed by atoms with Gasteiger partial charge in [-0.3, -0.25) is 14.5 Å². The summed E-state index contributed by atoms with van der Waals surface area (Å²) >= 11 is 0. The summed E-state index contributed by atoms with van der Waals surface area (Å²) in [5, 5.41) is 18.9. The number of benzene rings is 1. The van der Waals surface area contributed by atoms with E-state index in [0.717, 1.165) is 10.5 Å². The second kappa shape index (κ2) is 8.77. The standard InChI is InChI=1S/C18H26N2O6/c1-12(21)16(24)20(17(25)26-18(2,3)4)14-8-6-13(7-9-14)10-19(5)11-15(22)23/h6-9,16,24H,10-11H2,1-5H3,(H,22,23). The summed E-state index contributed by atoms with van der Waals surface area (Å²) in [6.45, 7) is 6.53. The number of aliphatic hydroxyl groups is 1. The van der Waals surface area contributed by atoms with Crippen LogP contribution in [0, 0.1) is 0 Å². The molecule has 144 valence electrons. The number of ketones is 1. The highest BCUT2D eigenvalue weighted by atomic mass is 16.6. The Labute approximate surface area is 153 Å². The molecule has 0 aromatic heterocycles. The molecule has 2 N–H and O–H groups in total. The summed E-state index contributed by atoms with van der Waals surface area (Å²) in [6, 6.07) is 6.52. The maximum atomic E-state index is 12.4. The van der Waals surface area contributed by atoms with Crippen molar-refractivity contribution >= 4 is 23.5 Å². The first-order valence-electron chi connectivity index (χ1n) is 8.10. The zero-order valence-electron chi connectivity index (χ0n) is 15.7. The number of amides is 1. The molecule has 0 aliphatic rings. The van der Waals surface area contributed by atoms with Crippen molar-refractivity contribution in [3.63, 3.8) is 0 Å². The van der Waals surface area contributed by atoms with Crippen LogP contribution in [0.4, 0.5) is 10.5 Å². The number of hydrogen-bond donors (Lipinski definition) is 2. The number of anilines is 1. The van der Waals surface area contributed by atoms with Crippen molar-refractivity contribution in [2.24, 2.45) is 0 Å². The molecule has 0 heterocycles. The minimum absolute atomic E-state index is 0.102. The average Bonchev–Trinajstić information content (AvgIpc) is 2.46. The lowest BCUT2D eigenvalue weighted by Crippen LogP contribution is -2.46. The number of hydrogen-bond acceptors (Lipinski definition) is 6. The normalized spacial score (nSPS) is 12.6. The Hall–Kier alpha value is -2.45. The largest absolute Gasteiger partial charge is 0.480 e. The third-order valence-electron chi connectivity index (χ3n) is 3.27. The van der Waals surface area contributed by atoms with Gasteiger partial charge in [-0.1, -0.05) is 12.1 Å². The number of likely N-dealkylation sites (N-methyl/N-ethyl adjacent to an activating group) is 1. The third kappa shape index (κ3) is 6.81. The molecule has 0 aliphatic heterocycles. The number of nitrogens with zero attached hydrogens (tertiary/aromatic N) is 2. The van der Waals surface area contributed by atoms with Crippen molar-refractivity contribution in [3.05, 3.63) is 29.8 Å². The van der Waals surface area contributed by atoms with E-state index in [4.69, 9.17) is 9.84 Å². The lowest BCUT2D eigenvalue weighted by Gasteiger charge is -2.29. The Morgan fingerprint density at radius 1 is 1.15 bits per heavy atom. The van der Waals surface area contributed by atoms with Crippen molar-refractivity contribution in [2.45, 2.75) is 46.1 Å². The number of carbonyl (C=O) groups is 3. The maximum absolute atomic E-state index is 12.4. The van der Waals surface area contributed by atoms with Crippen LogP contribution in [0.25, 0.3) is 0 Å². The van der Waals surface area contributed by atoms with Crippen molar-refractivity contribution in [3.8, 4) is 0 Å². The third-order valence-corrected chi connectivity index (χ3v) is 3.27. The van der Waals surface area contributed by atoms with Gasteiger partial charge >= 0.3 is 12.1 Å². The smallest absolute Gasteiger partial charge is 0.417 e. The van der Waals surface area contributed by atoms with E-state index >= 15 is 0 Å². The number of carbonyl (C=O) groups excluding carboxylic acids is 2. The van der Waals surface area contributed by atoms with Gasteiger partial charge in [-0.15, -0.1) is 0 Å². The van der Waals surface area contributed by atoms with Gasteiger partial charge in [0.05, 0.1) is 12.2 Å². The number of aliphatic hydroxyl groups excluding tert-OH is 1. The van der Waals surface area contributed by atoms with Gasteiger partial charge in [0.1, 0.15) is 5.60 Å². The molecular formula is C18H26N2O6. The summed E-state index contributed by atoms with van der Waals surface area (Å²) in [5.41, 5.74) is 0.330. The lowest BCUT2D eigenvalue weighted by molar-refractivity contribution is -0.138. The Morgan fingerprint density at radius 3 is 2.12 bits per heavy atom. The molecule has 1 atom stereocenters. The first kappa shape index (κ1) is 21.6. The zero-order chi connectivity index (χ0) is 20.1. The molecule has 1 aromatic carbocycles. The van der Waals surface area contributed by atoms with Crippen molar-refractivity contribution in [1.82, 2.24) is 4.90 Å². The van der Waals surface area contributed by atoms with E-state index in [-0.39, 0.29) is 6.54 Å². The van der Waals surface area contributed by atoms with Gasteiger partial charge in [0.15, 0.2) is 12.0 Å². The highest BCUT2D eigenvalue weighted by Crippen LogP contribution is 2.22. The first-order valence-corrected chi connectivity index (χ1v) is 8.10. The fraction of sp³-hybridized carbons (Fsp3) is 0.500. The Kier molecular flexibility index (Phi) is 7.29. The van der Waals surface area contributed by atoms with Gasteiger partial charge < -0.3 is 14.9 Å². The molecule has 1 unspecified atom stereocenters. The fourth-order valence-electron chi connectivity index (χ4n) is 2.20. The van der Waals surface area contributed by atoms with Crippen molar-refractivity contribution < 1.29 is 29.3 Å². The van der Waals surface area contributed by atoms with Crippen LogP contribution in [-0.4, -0.2) is 58.4 Å². The van der Waals surface area contributed by atoms with Crippen LogP contribution in [-0.2, 0) is 20.9 Å². The molecule has 8 heteroatoms. The molecule has 1 rings (SSSR count).